The molecule has 5 nitrogen and oxygen atoms in total. The number of nitriles is 2. The molecule has 0 fully saturated rings. The van der Waals surface area contributed by atoms with Crippen LogP contribution in [0.1, 0.15) is 89.9 Å². The van der Waals surface area contributed by atoms with Gasteiger partial charge in [-0.3, -0.25) is 5.32 Å². The Morgan fingerprint density at radius 1 is 0.685 bits per heavy atom. The Hall–Kier alpha value is -4.32. The molecule has 3 heterocycles. The molecule has 0 spiro atoms. The Morgan fingerprint density at radius 3 is 2.44 bits per heavy atom. The SMILES string of the molecule is N#CC1=C(C2CC=CCC2C2C=CC=CC2C2=CC(N3C4=C(CC(C#N)CC4)C4C=CC=CC43)NC(N3C4=C(CCC=C4)C4CCC=CC43)C2)CCCC1. The van der Waals surface area contributed by atoms with Gasteiger partial charge in [-0.2, -0.15) is 10.5 Å². The second kappa shape index (κ2) is 14.4. The molecule has 7 aliphatic carbocycles. The zero-order valence-electron chi connectivity index (χ0n) is 31.7. The highest BCUT2D eigenvalue weighted by Gasteiger charge is 2.49. The van der Waals surface area contributed by atoms with Crippen LogP contribution in [0.4, 0.5) is 0 Å². The van der Waals surface area contributed by atoms with Crippen LogP contribution in [0.15, 0.2) is 130 Å². The van der Waals surface area contributed by atoms with Gasteiger partial charge in [0.1, 0.15) is 6.17 Å². The third kappa shape index (κ3) is 5.73. The summed E-state index contributed by atoms with van der Waals surface area (Å²) >= 11 is 0. The van der Waals surface area contributed by atoms with Crippen LogP contribution >= 0.6 is 0 Å². The van der Waals surface area contributed by atoms with Crippen molar-refractivity contribution in [2.75, 3.05) is 0 Å². The maximum Gasteiger partial charge on any atom is 0.101 e. The zero-order valence-corrected chi connectivity index (χ0v) is 31.7. The minimum absolute atomic E-state index is 0.0602. The lowest BCUT2D eigenvalue weighted by Gasteiger charge is -2.48. The van der Waals surface area contributed by atoms with Crippen molar-refractivity contribution in [2.24, 2.45) is 41.4 Å². The number of nitrogens with zero attached hydrogens (tertiary/aromatic N) is 4. The van der Waals surface area contributed by atoms with E-state index in [1.54, 1.807) is 11.1 Å². The van der Waals surface area contributed by atoms with Gasteiger partial charge >= 0.3 is 0 Å². The quantitative estimate of drug-likeness (QED) is 0.288. The average molecular weight is 714 g/mol. The van der Waals surface area contributed by atoms with E-state index in [-0.39, 0.29) is 24.3 Å². The van der Waals surface area contributed by atoms with Crippen LogP contribution in [0, 0.1) is 64.1 Å². The first-order chi connectivity index (χ1) is 26.7. The second-order valence-electron chi connectivity index (χ2n) is 17.6. The Labute approximate surface area is 322 Å². The van der Waals surface area contributed by atoms with E-state index in [1.165, 1.54) is 48.2 Å². The number of fused-ring (bicyclic) bond motifs is 4. The number of hydrogen-bond acceptors (Lipinski definition) is 5. The predicted octanol–water partition coefficient (Wildman–Crippen LogP) is 10.2. The summed E-state index contributed by atoms with van der Waals surface area (Å²) in [5, 5.41) is 24.6. The fourth-order valence-electron chi connectivity index (χ4n) is 12.6. The highest BCUT2D eigenvalue weighted by Crippen LogP contribution is 2.52. The summed E-state index contributed by atoms with van der Waals surface area (Å²) in [6.07, 6.45) is 51.7. The summed E-state index contributed by atoms with van der Waals surface area (Å²) in [6.45, 7) is 0. The van der Waals surface area contributed by atoms with E-state index in [2.05, 4.69) is 118 Å². The highest BCUT2D eigenvalue weighted by molar-refractivity contribution is 5.43. The minimum Gasteiger partial charge on any atom is -0.349 e. The maximum absolute atomic E-state index is 10.3. The van der Waals surface area contributed by atoms with Crippen molar-refractivity contribution >= 4 is 0 Å². The predicted molar refractivity (Wildman–Crippen MR) is 215 cm³/mol. The number of nitrogens with one attached hydrogen (secondary N) is 1. The van der Waals surface area contributed by atoms with Crippen LogP contribution in [0.2, 0.25) is 0 Å². The van der Waals surface area contributed by atoms with Crippen molar-refractivity contribution in [1.29, 1.82) is 10.5 Å². The van der Waals surface area contributed by atoms with E-state index in [9.17, 15) is 10.5 Å². The zero-order chi connectivity index (χ0) is 36.2. The lowest BCUT2D eigenvalue weighted by molar-refractivity contribution is 0.106. The minimum atomic E-state index is 0.0602. The molecule has 3 aliphatic heterocycles. The molecule has 1 N–H and O–H groups in total. The van der Waals surface area contributed by atoms with E-state index in [4.69, 9.17) is 0 Å². The van der Waals surface area contributed by atoms with E-state index in [0.717, 1.165) is 69.8 Å². The highest BCUT2D eigenvalue weighted by atomic mass is 15.4. The van der Waals surface area contributed by atoms with Crippen LogP contribution in [-0.4, -0.2) is 34.2 Å². The van der Waals surface area contributed by atoms with E-state index >= 15 is 0 Å². The molecule has 5 heteroatoms. The fourth-order valence-corrected chi connectivity index (χ4v) is 12.6. The molecular weight excluding hydrogens is 659 g/mol. The monoisotopic (exact) mass is 713 g/mol. The van der Waals surface area contributed by atoms with Crippen molar-refractivity contribution in [3.63, 3.8) is 0 Å². The van der Waals surface area contributed by atoms with Crippen molar-refractivity contribution < 1.29 is 0 Å². The van der Waals surface area contributed by atoms with Crippen LogP contribution in [0.25, 0.3) is 0 Å². The summed E-state index contributed by atoms with van der Waals surface area (Å²) in [4.78, 5) is 5.57. The van der Waals surface area contributed by atoms with E-state index < -0.39 is 0 Å². The summed E-state index contributed by atoms with van der Waals surface area (Å²) in [5.74, 6) is 2.69. The summed E-state index contributed by atoms with van der Waals surface area (Å²) in [6, 6.07) is 5.97. The van der Waals surface area contributed by atoms with Crippen LogP contribution in [-0.2, 0) is 0 Å². The molecule has 0 amide bonds. The van der Waals surface area contributed by atoms with Crippen molar-refractivity contribution in [2.45, 2.75) is 114 Å². The molecule has 0 bridgehead atoms. The van der Waals surface area contributed by atoms with Gasteiger partial charge in [0.15, 0.2) is 0 Å². The molecular formula is C49H55N5. The number of rotatable bonds is 5. The maximum atomic E-state index is 10.3. The van der Waals surface area contributed by atoms with Crippen LogP contribution < -0.4 is 5.32 Å². The lowest BCUT2D eigenvalue weighted by atomic mass is 9.63. The Morgan fingerprint density at radius 2 is 1.54 bits per heavy atom. The molecule has 11 atom stereocenters. The van der Waals surface area contributed by atoms with Gasteiger partial charge in [-0.1, -0.05) is 90.1 Å². The lowest BCUT2D eigenvalue weighted by Crippen LogP contribution is -2.59. The largest absolute Gasteiger partial charge is 0.349 e. The molecule has 10 rings (SSSR count). The molecule has 0 saturated carbocycles. The van der Waals surface area contributed by atoms with Gasteiger partial charge in [0.25, 0.3) is 0 Å². The summed E-state index contributed by atoms with van der Waals surface area (Å²) in [7, 11) is 0. The number of allylic oxidation sites excluding steroid dienone is 14. The molecule has 0 saturated heterocycles. The molecule has 0 aromatic carbocycles. The van der Waals surface area contributed by atoms with Crippen LogP contribution in [0.3, 0.4) is 0 Å². The van der Waals surface area contributed by atoms with Gasteiger partial charge in [0.05, 0.1) is 36.3 Å². The first-order valence-corrected chi connectivity index (χ1v) is 21.4. The molecule has 0 aromatic heterocycles. The molecule has 276 valence electrons. The Bertz CT molecular complexity index is 1980. The van der Waals surface area contributed by atoms with Gasteiger partial charge in [-0.25, -0.2) is 0 Å². The smallest absolute Gasteiger partial charge is 0.101 e. The normalized spacial score (nSPS) is 39.3. The molecule has 0 radical (unpaired) electrons. The first-order valence-electron chi connectivity index (χ1n) is 21.4. The average Bonchev–Trinajstić information content (AvgIpc) is 3.76. The van der Waals surface area contributed by atoms with Gasteiger partial charge in [0.2, 0.25) is 0 Å². The van der Waals surface area contributed by atoms with Crippen molar-refractivity contribution in [3.05, 3.63) is 130 Å². The van der Waals surface area contributed by atoms with Gasteiger partial charge in [-0.05, 0) is 125 Å². The van der Waals surface area contributed by atoms with E-state index in [0.29, 0.717) is 41.5 Å². The molecule has 10 aliphatic rings. The molecule has 11 unspecified atom stereocenters. The standard InChI is InChI=1S/C49H55N5/c50-30-32-25-26-47-43(27-32)42-21-9-12-24-46(42)54(47)49-29-34(28-48(52-49)53-44-22-10-7-19-40(44)41-20-8-11-23-45(41)53)36-15-3-4-17-38(36)39-18-6-5-16-37(39)35-14-2-1-13-33(35)31-51/h3-6,9-12,15,17,21-24,29,32,36-40,42,44,46,48-49,52H,1-2,7-8,13-14,16,18-20,25-28H2. The third-order valence-electron chi connectivity index (χ3n) is 15.0. The first kappa shape index (κ1) is 34.2. The second-order valence-corrected chi connectivity index (χ2v) is 17.6. The van der Waals surface area contributed by atoms with Crippen molar-refractivity contribution in [3.8, 4) is 12.1 Å². The molecule has 54 heavy (non-hydrogen) atoms. The van der Waals surface area contributed by atoms with Crippen LogP contribution in [0.5, 0.6) is 0 Å². The van der Waals surface area contributed by atoms with E-state index in [1.807, 2.05) is 0 Å². The fraction of sp³-hybridized carbons (Fsp3) is 0.510. The number of hydrogen-bond donors (Lipinski definition) is 1. The summed E-state index contributed by atoms with van der Waals surface area (Å²) in [5.41, 5.74) is 10.3. The van der Waals surface area contributed by atoms with Gasteiger partial charge in [0, 0.05) is 41.1 Å². The summed E-state index contributed by atoms with van der Waals surface area (Å²) < 4.78 is 0. The Kier molecular flexibility index (Phi) is 9.11. The molecule has 0 aromatic rings. The van der Waals surface area contributed by atoms with Crippen molar-refractivity contribution in [1.82, 2.24) is 15.1 Å². The third-order valence-corrected chi connectivity index (χ3v) is 15.0. The topological polar surface area (TPSA) is 66.1 Å². The van der Waals surface area contributed by atoms with Gasteiger partial charge in [-0.15, -0.1) is 0 Å². The Balaban J connectivity index is 1.06. The van der Waals surface area contributed by atoms with Gasteiger partial charge < -0.3 is 9.80 Å².